The Morgan fingerprint density at radius 1 is 1.33 bits per heavy atom. The minimum Gasteiger partial charge on any atom is -0.494 e. The van der Waals surface area contributed by atoms with Crippen molar-refractivity contribution in [2.75, 3.05) is 19.7 Å². The standard InChI is InChI=1S/C17H26N2O2/c1-3-21-16-6-4-14(5-7-16)12-17(20)19-10-8-15(9-11-19)13(2)18/h4-7,13,15H,3,8-12,18H2,1-2H3. The van der Waals surface area contributed by atoms with E-state index in [2.05, 4.69) is 6.92 Å². The van der Waals surface area contributed by atoms with Crippen LogP contribution in [0.25, 0.3) is 0 Å². The van der Waals surface area contributed by atoms with Gasteiger partial charge in [0, 0.05) is 19.1 Å². The molecule has 1 aromatic rings. The summed E-state index contributed by atoms with van der Waals surface area (Å²) in [5, 5.41) is 0. The lowest BCUT2D eigenvalue weighted by molar-refractivity contribution is -0.131. The molecule has 2 N–H and O–H groups in total. The highest BCUT2D eigenvalue weighted by Crippen LogP contribution is 2.20. The fourth-order valence-corrected chi connectivity index (χ4v) is 2.83. The average Bonchev–Trinajstić information content (AvgIpc) is 2.49. The van der Waals surface area contributed by atoms with E-state index in [1.807, 2.05) is 36.1 Å². The Bertz CT molecular complexity index is 448. The van der Waals surface area contributed by atoms with Gasteiger partial charge in [0.25, 0.3) is 0 Å². The normalized spacial score (nSPS) is 17.6. The number of benzene rings is 1. The largest absolute Gasteiger partial charge is 0.494 e. The monoisotopic (exact) mass is 290 g/mol. The Morgan fingerprint density at radius 3 is 2.48 bits per heavy atom. The number of piperidine rings is 1. The molecule has 1 aromatic carbocycles. The summed E-state index contributed by atoms with van der Waals surface area (Å²) < 4.78 is 5.41. The predicted molar refractivity (Wildman–Crippen MR) is 84.3 cm³/mol. The van der Waals surface area contributed by atoms with Crippen molar-refractivity contribution in [2.45, 2.75) is 39.2 Å². The number of ether oxygens (including phenoxy) is 1. The summed E-state index contributed by atoms with van der Waals surface area (Å²) in [6.07, 6.45) is 2.51. The molecule has 1 aliphatic heterocycles. The molecule has 0 radical (unpaired) electrons. The maximum Gasteiger partial charge on any atom is 0.226 e. The first kappa shape index (κ1) is 15.8. The molecular formula is C17H26N2O2. The molecule has 1 amide bonds. The third kappa shape index (κ3) is 4.46. The molecule has 1 aliphatic rings. The van der Waals surface area contributed by atoms with E-state index in [0.29, 0.717) is 18.9 Å². The van der Waals surface area contributed by atoms with E-state index in [4.69, 9.17) is 10.5 Å². The van der Waals surface area contributed by atoms with E-state index < -0.39 is 0 Å². The van der Waals surface area contributed by atoms with Gasteiger partial charge in [-0.2, -0.15) is 0 Å². The van der Waals surface area contributed by atoms with Crippen LogP contribution in [0.5, 0.6) is 5.75 Å². The van der Waals surface area contributed by atoms with Crippen LogP contribution in [-0.4, -0.2) is 36.5 Å². The second-order valence-electron chi connectivity index (χ2n) is 5.83. The quantitative estimate of drug-likeness (QED) is 0.904. The number of amides is 1. The molecule has 1 atom stereocenters. The van der Waals surface area contributed by atoms with Gasteiger partial charge in [0.15, 0.2) is 0 Å². The van der Waals surface area contributed by atoms with Crippen LogP contribution in [0.4, 0.5) is 0 Å². The summed E-state index contributed by atoms with van der Waals surface area (Å²) in [7, 11) is 0. The molecule has 0 saturated carbocycles. The zero-order chi connectivity index (χ0) is 15.2. The molecule has 1 heterocycles. The second-order valence-corrected chi connectivity index (χ2v) is 5.83. The van der Waals surface area contributed by atoms with Crippen molar-refractivity contribution in [3.8, 4) is 5.75 Å². The molecule has 0 bridgehead atoms. The van der Waals surface area contributed by atoms with Crippen LogP contribution in [0, 0.1) is 5.92 Å². The van der Waals surface area contributed by atoms with E-state index in [1.165, 1.54) is 0 Å². The molecule has 2 rings (SSSR count). The number of rotatable bonds is 5. The van der Waals surface area contributed by atoms with Gasteiger partial charge in [-0.05, 0) is 50.3 Å². The molecule has 4 heteroatoms. The fraction of sp³-hybridized carbons (Fsp3) is 0.588. The van der Waals surface area contributed by atoms with Crippen LogP contribution in [-0.2, 0) is 11.2 Å². The summed E-state index contributed by atoms with van der Waals surface area (Å²) in [4.78, 5) is 14.3. The van der Waals surface area contributed by atoms with Gasteiger partial charge >= 0.3 is 0 Å². The Kier molecular flexibility index (Phi) is 5.62. The summed E-state index contributed by atoms with van der Waals surface area (Å²) in [5.41, 5.74) is 6.98. The van der Waals surface area contributed by atoms with Crippen molar-refractivity contribution in [3.63, 3.8) is 0 Å². The van der Waals surface area contributed by atoms with E-state index in [-0.39, 0.29) is 11.9 Å². The molecule has 1 unspecified atom stereocenters. The smallest absolute Gasteiger partial charge is 0.226 e. The first-order valence-electron chi connectivity index (χ1n) is 7.85. The van der Waals surface area contributed by atoms with Gasteiger partial charge in [-0.1, -0.05) is 12.1 Å². The van der Waals surface area contributed by atoms with Gasteiger partial charge in [-0.25, -0.2) is 0 Å². The van der Waals surface area contributed by atoms with Gasteiger partial charge in [0.1, 0.15) is 5.75 Å². The van der Waals surface area contributed by atoms with Gasteiger partial charge in [-0.3, -0.25) is 4.79 Å². The Balaban J connectivity index is 1.84. The van der Waals surface area contributed by atoms with Crippen LogP contribution in [0.15, 0.2) is 24.3 Å². The molecule has 0 spiro atoms. The van der Waals surface area contributed by atoms with Crippen LogP contribution in [0.2, 0.25) is 0 Å². The van der Waals surface area contributed by atoms with Gasteiger partial charge < -0.3 is 15.4 Å². The molecule has 0 aromatic heterocycles. The highest BCUT2D eigenvalue weighted by molar-refractivity contribution is 5.78. The van der Waals surface area contributed by atoms with Crippen LogP contribution < -0.4 is 10.5 Å². The minimum atomic E-state index is 0.210. The molecule has 1 fully saturated rings. The van der Waals surface area contributed by atoms with E-state index in [9.17, 15) is 4.79 Å². The summed E-state index contributed by atoms with van der Waals surface area (Å²) in [5.74, 6) is 1.62. The Hall–Kier alpha value is -1.55. The van der Waals surface area contributed by atoms with Crippen molar-refractivity contribution in [1.82, 2.24) is 4.90 Å². The first-order valence-corrected chi connectivity index (χ1v) is 7.85. The lowest BCUT2D eigenvalue weighted by Gasteiger charge is -2.33. The topological polar surface area (TPSA) is 55.6 Å². The number of carbonyl (C=O) groups excluding carboxylic acids is 1. The van der Waals surface area contributed by atoms with Gasteiger partial charge in [0.2, 0.25) is 5.91 Å². The minimum absolute atomic E-state index is 0.210. The van der Waals surface area contributed by atoms with E-state index in [1.54, 1.807) is 0 Å². The van der Waals surface area contributed by atoms with Crippen LogP contribution >= 0.6 is 0 Å². The summed E-state index contributed by atoms with van der Waals surface area (Å²) in [6, 6.07) is 8.02. The van der Waals surface area contributed by atoms with Gasteiger partial charge in [-0.15, -0.1) is 0 Å². The number of hydrogen-bond acceptors (Lipinski definition) is 3. The zero-order valence-electron chi connectivity index (χ0n) is 13.0. The van der Waals surface area contributed by atoms with Gasteiger partial charge in [0.05, 0.1) is 13.0 Å². The van der Waals surface area contributed by atoms with E-state index in [0.717, 1.165) is 37.2 Å². The van der Waals surface area contributed by atoms with Crippen molar-refractivity contribution < 1.29 is 9.53 Å². The third-order valence-electron chi connectivity index (χ3n) is 4.23. The van der Waals surface area contributed by atoms with Crippen molar-refractivity contribution in [3.05, 3.63) is 29.8 Å². The predicted octanol–water partition coefficient (Wildman–Crippen LogP) is 2.21. The number of hydrogen-bond donors (Lipinski definition) is 1. The van der Waals surface area contributed by atoms with Crippen molar-refractivity contribution in [1.29, 1.82) is 0 Å². The Labute approximate surface area is 127 Å². The molecule has 1 saturated heterocycles. The summed E-state index contributed by atoms with van der Waals surface area (Å²) in [6.45, 7) is 6.35. The molecular weight excluding hydrogens is 264 g/mol. The fourth-order valence-electron chi connectivity index (χ4n) is 2.83. The lowest BCUT2D eigenvalue weighted by atomic mass is 9.91. The summed E-state index contributed by atoms with van der Waals surface area (Å²) >= 11 is 0. The average molecular weight is 290 g/mol. The number of nitrogens with two attached hydrogens (primary N) is 1. The van der Waals surface area contributed by atoms with Crippen molar-refractivity contribution >= 4 is 5.91 Å². The molecule has 116 valence electrons. The molecule has 4 nitrogen and oxygen atoms in total. The maximum atomic E-state index is 12.3. The lowest BCUT2D eigenvalue weighted by Crippen LogP contribution is -2.43. The highest BCUT2D eigenvalue weighted by Gasteiger charge is 2.24. The number of carbonyl (C=O) groups is 1. The van der Waals surface area contributed by atoms with Crippen LogP contribution in [0.1, 0.15) is 32.3 Å². The third-order valence-corrected chi connectivity index (χ3v) is 4.23. The van der Waals surface area contributed by atoms with E-state index >= 15 is 0 Å². The number of likely N-dealkylation sites (tertiary alicyclic amines) is 1. The SMILES string of the molecule is CCOc1ccc(CC(=O)N2CCC(C(C)N)CC2)cc1. The Morgan fingerprint density at radius 2 is 1.95 bits per heavy atom. The maximum absolute atomic E-state index is 12.3. The zero-order valence-corrected chi connectivity index (χ0v) is 13.0. The second kappa shape index (κ2) is 7.46. The van der Waals surface area contributed by atoms with Crippen LogP contribution in [0.3, 0.4) is 0 Å². The van der Waals surface area contributed by atoms with Crippen molar-refractivity contribution in [2.24, 2.45) is 11.7 Å². The molecule has 0 aliphatic carbocycles. The highest BCUT2D eigenvalue weighted by atomic mass is 16.5. The molecule has 21 heavy (non-hydrogen) atoms. The number of nitrogens with zero attached hydrogens (tertiary/aromatic N) is 1. The first-order chi connectivity index (χ1) is 10.1.